The van der Waals surface area contributed by atoms with Gasteiger partial charge >= 0.3 is 0 Å². The van der Waals surface area contributed by atoms with E-state index in [0.717, 1.165) is 10.3 Å². The Morgan fingerprint density at radius 2 is 1.67 bits per heavy atom. The zero-order valence-electron chi connectivity index (χ0n) is 15.7. The lowest BCUT2D eigenvalue weighted by Crippen LogP contribution is -2.22. The van der Waals surface area contributed by atoms with E-state index in [4.69, 9.17) is 4.42 Å². The fraction of sp³-hybridized carbons (Fsp3) is 0.0870. The summed E-state index contributed by atoms with van der Waals surface area (Å²) in [5.41, 5.74) is 1.59. The molecule has 0 fully saturated rings. The lowest BCUT2D eigenvalue weighted by molar-refractivity contribution is 0.427. The molecule has 5 nitrogen and oxygen atoms in total. The Kier molecular flexibility index (Phi) is 4.72. The molecule has 5 rings (SSSR count). The molecule has 0 radical (unpaired) electrons. The van der Waals surface area contributed by atoms with Gasteiger partial charge in [-0.3, -0.25) is 8.75 Å². The Hall–Kier alpha value is -3.58. The van der Waals surface area contributed by atoms with Gasteiger partial charge in [-0.2, -0.15) is 0 Å². The quantitative estimate of drug-likeness (QED) is 0.400. The molecule has 0 unspecified atom stereocenters. The zero-order valence-corrected chi connectivity index (χ0v) is 16.6. The molecular formula is C23H16FN3O2S. The molecule has 0 saturated heterocycles. The molecule has 0 N–H and O–H groups in total. The SMILES string of the molecule is O=c1c2ccccc2sn1[C@@H](Cc1ccccc1)c1nnc(-c2ccc(F)cc2)o1. The highest BCUT2D eigenvalue weighted by Crippen LogP contribution is 2.29. The largest absolute Gasteiger partial charge is 0.418 e. The molecule has 0 aliphatic rings. The normalized spacial score (nSPS) is 12.3. The van der Waals surface area contributed by atoms with Crippen molar-refractivity contribution in [2.75, 3.05) is 0 Å². The van der Waals surface area contributed by atoms with E-state index in [-0.39, 0.29) is 17.3 Å². The summed E-state index contributed by atoms with van der Waals surface area (Å²) in [5.74, 6) is 0.293. The maximum atomic E-state index is 13.2. The van der Waals surface area contributed by atoms with Gasteiger partial charge in [0.2, 0.25) is 11.8 Å². The van der Waals surface area contributed by atoms with Gasteiger partial charge in [-0.15, -0.1) is 10.2 Å². The molecule has 2 heterocycles. The fourth-order valence-electron chi connectivity index (χ4n) is 3.38. The van der Waals surface area contributed by atoms with Crippen molar-refractivity contribution >= 4 is 21.6 Å². The molecule has 1 atom stereocenters. The highest BCUT2D eigenvalue weighted by atomic mass is 32.1. The summed E-state index contributed by atoms with van der Waals surface area (Å²) < 4.78 is 21.8. The number of nitrogens with zero attached hydrogens (tertiary/aromatic N) is 3. The number of fused-ring (bicyclic) bond motifs is 1. The second-order valence-corrected chi connectivity index (χ2v) is 7.89. The van der Waals surface area contributed by atoms with Gasteiger partial charge in [-0.05, 0) is 42.0 Å². The van der Waals surface area contributed by atoms with E-state index in [1.165, 1.54) is 23.7 Å². The molecule has 0 aliphatic heterocycles. The smallest absolute Gasteiger partial charge is 0.269 e. The first-order valence-electron chi connectivity index (χ1n) is 9.43. The van der Waals surface area contributed by atoms with Crippen molar-refractivity contribution in [2.24, 2.45) is 0 Å². The van der Waals surface area contributed by atoms with E-state index < -0.39 is 6.04 Å². The molecule has 0 spiro atoms. The molecule has 2 aromatic heterocycles. The van der Waals surface area contributed by atoms with Crippen molar-refractivity contribution in [3.63, 3.8) is 0 Å². The van der Waals surface area contributed by atoms with Crippen molar-refractivity contribution in [3.8, 4) is 11.5 Å². The summed E-state index contributed by atoms with van der Waals surface area (Å²) in [4.78, 5) is 13.1. The average molecular weight is 417 g/mol. The second-order valence-electron chi connectivity index (χ2n) is 6.88. The van der Waals surface area contributed by atoms with Crippen LogP contribution in [0.5, 0.6) is 0 Å². The topological polar surface area (TPSA) is 60.9 Å². The lowest BCUT2D eigenvalue weighted by Gasteiger charge is -2.13. The maximum Gasteiger partial charge on any atom is 0.269 e. The third-order valence-electron chi connectivity index (χ3n) is 4.89. The molecule has 5 aromatic rings. The van der Waals surface area contributed by atoms with Gasteiger partial charge in [0.1, 0.15) is 11.9 Å². The number of halogens is 1. The van der Waals surface area contributed by atoms with Crippen LogP contribution in [0.25, 0.3) is 21.5 Å². The van der Waals surface area contributed by atoms with Gasteiger partial charge in [0.15, 0.2) is 0 Å². The van der Waals surface area contributed by atoms with Crippen LogP contribution in [0, 0.1) is 5.82 Å². The van der Waals surface area contributed by atoms with Gasteiger partial charge < -0.3 is 4.42 Å². The number of hydrogen-bond donors (Lipinski definition) is 0. The van der Waals surface area contributed by atoms with Gasteiger partial charge in [0, 0.05) is 12.0 Å². The third kappa shape index (κ3) is 3.44. The van der Waals surface area contributed by atoms with E-state index in [9.17, 15) is 9.18 Å². The molecule has 0 bridgehead atoms. The van der Waals surface area contributed by atoms with E-state index in [1.54, 1.807) is 16.1 Å². The predicted molar refractivity (Wildman–Crippen MR) is 114 cm³/mol. The highest BCUT2D eigenvalue weighted by Gasteiger charge is 2.25. The Bertz CT molecular complexity index is 1360. The first kappa shape index (κ1) is 18.4. The minimum absolute atomic E-state index is 0.0851. The summed E-state index contributed by atoms with van der Waals surface area (Å²) in [6.07, 6.45) is 0.526. The summed E-state index contributed by atoms with van der Waals surface area (Å²) >= 11 is 1.38. The lowest BCUT2D eigenvalue weighted by atomic mass is 10.1. The molecule has 0 aliphatic carbocycles. The summed E-state index contributed by atoms with van der Waals surface area (Å²) in [7, 11) is 0. The molecule has 0 saturated carbocycles. The van der Waals surface area contributed by atoms with Gasteiger partial charge in [0.05, 0.1) is 10.1 Å². The van der Waals surface area contributed by atoms with E-state index >= 15 is 0 Å². The van der Waals surface area contributed by atoms with Gasteiger partial charge in [-0.25, -0.2) is 4.39 Å². The van der Waals surface area contributed by atoms with Crippen LogP contribution in [0.1, 0.15) is 17.5 Å². The molecule has 30 heavy (non-hydrogen) atoms. The van der Waals surface area contributed by atoms with Crippen molar-refractivity contribution in [2.45, 2.75) is 12.5 Å². The number of aromatic nitrogens is 3. The minimum Gasteiger partial charge on any atom is -0.418 e. The van der Waals surface area contributed by atoms with Gasteiger partial charge in [0.25, 0.3) is 5.56 Å². The van der Waals surface area contributed by atoms with Crippen LogP contribution in [0.15, 0.2) is 88.1 Å². The summed E-state index contributed by atoms with van der Waals surface area (Å²) in [5, 5.41) is 9.04. The summed E-state index contributed by atoms with van der Waals surface area (Å²) in [6.45, 7) is 0. The fourth-order valence-corrected chi connectivity index (χ4v) is 4.46. The predicted octanol–water partition coefficient (Wildman–Crippen LogP) is 5.08. The van der Waals surface area contributed by atoms with Crippen LogP contribution >= 0.6 is 11.5 Å². The Labute approximate surface area is 175 Å². The van der Waals surface area contributed by atoms with Crippen LogP contribution in [0.4, 0.5) is 4.39 Å². The van der Waals surface area contributed by atoms with Crippen LogP contribution in [-0.4, -0.2) is 14.2 Å². The Morgan fingerprint density at radius 1 is 0.933 bits per heavy atom. The molecular weight excluding hydrogens is 401 g/mol. The number of hydrogen-bond acceptors (Lipinski definition) is 5. The van der Waals surface area contributed by atoms with E-state index in [0.29, 0.717) is 23.3 Å². The average Bonchev–Trinajstić information content (AvgIpc) is 3.39. The van der Waals surface area contributed by atoms with Crippen molar-refractivity contribution < 1.29 is 8.81 Å². The number of benzene rings is 3. The van der Waals surface area contributed by atoms with Crippen LogP contribution < -0.4 is 5.56 Å². The molecule has 3 aromatic carbocycles. The van der Waals surface area contributed by atoms with Crippen LogP contribution in [0.3, 0.4) is 0 Å². The number of rotatable bonds is 5. The first-order chi connectivity index (χ1) is 14.7. The molecule has 0 amide bonds. The van der Waals surface area contributed by atoms with Gasteiger partial charge in [-0.1, -0.05) is 54.0 Å². The van der Waals surface area contributed by atoms with Crippen molar-refractivity contribution in [1.82, 2.24) is 14.2 Å². The van der Waals surface area contributed by atoms with E-state index in [1.807, 2.05) is 54.6 Å². The molecule has 7 heteroatoms. The summed E-state index contributed by atoms with van der Waals surface area (Å²) in [6, 6.07) is 22.8. The maximum absolute atomic E-state index is 13.2. The van der Waals surface area contributed by atoms with Crippen LogP contribution in [0.2, 0.25) is 0 Å². The standard InChI is InChI=1S/C23H16FN3O2S/c24-17-12-10-16(11-13-17)21-25-26-22(29-21)19(14-15-6-2-1-3-7-15)27-23(28)18-8-4-5-9-20(18)30-27/h1-13,19H,14H2/t19-/m0/s1. The first-order valence-corrected chi connectivity index (χ1v) is 10.2. The van der Waals surface area contributed by atoms with E-state index in [2.05, 4.69) is 10.2 Å². The zero-order chi connectivity index (χ0) is 20.5. The monoisotopic (exact) mass is 417 g/mol. The minimum atomic E-state index is -0.445. The van der Waals surface area contributed by atoms with Crippen molar-refractivity contribution in [3.05, 3.63) is 106 Å². The Morgan fingerprint density at radius 3 is 2.43 bits per heavy atom. The van der Waals surface area contributed by atoms with Crippen LogP contribution in [-0.2, 0) is 6.42 Å². The third-order valence-corrected chi connectivity index (χ3v) is 6.06. The Balaban J connectivity index is 1.60. The van der Waals surface area contributed by atoms with Crippen molar-refractivity contribution in [1.29, 1.82) is 0 Å². The highest BCUT2D eigenvalue weighted by molar-refractivity contribution is 7.13. The second kappa shape index (κ2) is 7.68. The molecule has 148 valence electrons.